The predicted molar refractivity (Wildman–Crippen MR) is 75.4 cm³/mol. The number of nitrogens with zero attached hydrogens (tertiary/aromatic N) is 1. The third-order valence-corrected chi connectivity index (χ3v) is 3.41. The monoisotopic (exact) mass is 269 g/mol. The Bertz CT molecular complexity index is 675. The van der Waals surface area contributed by atoms with E-state index in [2.05, 4.69) is 15.3 Å². The van der Waals surface area contributed by atoms with Crippen molar-refractivity contribution >= 4 is 5.91 Å². The second-order valence-corrected chi connectivity index (χ2v) is 5.02. The number of pyridine rings is 2. The summed E-state index contributed by atoms with van der Waals surface area (Å²) < 4.78 is 0. The standard InChI is InChI=1S/C15H15N3O2/c19-14(17-8-10-1-2-10)13-7-12(9-18-15(13)20)11-3-5-16-6-4-11/h3-7,9-10H,1-2,8H2,(H,17,19)(H,18,20). The molecule has 0 bridgehead atoms. The van der Waals surface area contributed by atoms with E-state index in [0.29, 0.717) is 12.5 Å². The number of nitrogens with one attached hydrogen (secondary N) is 2. The van der Waals surface area contributed by atoms with Crippen molar-refractivity contribution in [1.29, 1.82) is 0 Å². The van der Waals surface area contributed by atoms with Crippen molar-refractivity contribution in [3.05, 3.63) is 52.7 Å². The minimum Gasteiger partial charge on any atom is -0.352 e. The molecule has 2 aromatic heterocycles. The highest BCUT2D eigenvalue weighted by Gasteiger charge is 2.22. The third-order valence-electron chi connectivity index (χ3n) is 3.41. The summed E-state index contributed by atoms with van der Waals surface area (Å²) in [4.78, 5) is 30.4. The first-order valence-electron chi connectivity index (χ1n) is 6.65. The molecular weight excluding hydrogens is 254 g/mol. The Kier molecular flexibility index (Phi) is 3.33. The van der Waals surface area contributed by atoms with Crippen LogP contribution in [0.4, 0.5) is 0 Å². The zero-order valence-corrected chi connectivity index (χ0v) is 10.9. The van der Waals surface area contributed by atoms with Gasteiger partial charge in [-0.2, -0.15) is 0 Å². The summed E-state index contributed by atoms with van der Waals surface area (Å²) in [6, 6.07) is 5.29. The van der Waals surface area contributed by atoms with Gasteiger partial charge in [-0.15, -0.1) is 0 Å². The number of amides is 1. The second-order valence-electron chi connectivity index (χ2n) is 5.02. The van der Waals surface area contributed by atoms with Gasteiger partial charge in [0.2, 0.25) is 0 Å². The van der Waals surface area contributed by atoms with Crippen LogP contribution in [-0.2, 0) is 0 Å². The normalized spacial score (nSPS) is 14.0. The lowest BCUT2D eigenvalue weighted by Crippen LogP contribution is -2.30. The number of aromatic nitrogens is 2. The Hall–Kier alpha value is -2.43. The summed E-state index contributed by atoms with van der Waals surface area (Å²) in [7, 11) is 0. The van der Waals surface area contributed by atoms with E-state index >= 15 is 0 Å². The van der Waals surface area contributed by atoms with E-state index in [-0.39, 0.29) is 17.0 Å². The van der Waals surface area contributed by atoms with Gasteiger partial charge >= 0.3 is 0 Å². The predicted octanol–water partition coefficient (Wildman–Crippen LogP) is 1.58. The first kappa shape index (κ1) is 12.6. The van der Waals surface area contributed by atoms with E-state index < -0.39 is 0 Å². The lowest BCUT2D eigenvalue weighted by Gasteiger charge is -2.06. The SMILES string of the molecule is O=C(NCC1CC1)c1cc(-c2ccncc2)c[nH]c1=O. The van der Waals surface area contributed by atoms with Crippen LogP contribution < -0.4 is 10.9 Å². The molecule has 2 N–H and O–H groups in total. The smallest absolute Gasteiger partial charge is 0.260 e. The Balaban J connectivity index is 1.86. The highest BCUT2D eigenvalue weighted by atomic mass is 16.2. The zero-order chi connectivity index (χ0) is 13.9. The molecule has 0 atom stereocenters. The number of hydrogen-bond donors (Lipinski definition) is 2. The summed E-state index contributed by atoms with van der Waals surface area (Å²) in [5.41, 5.74) is 1.49. The maximum Gasteiger partial charge on any atom is 0.260 e. The summed E-state index contributed by atoms with van der Waals surface area (Å²) in [5, 5.41) is 2.81. The fraction of sp³-hybridized carbons (Fsp3) is 0.267. The van der Waals surface area contributed by atoms with Crippen molar-refractivity contribution in [3.63, 3.8) is 0 Å². The van der Waals surface area contributed by atoms with Crippen molar-refractivity contribution in [3.8, 4) is 11.1 Å². The Morgan fingerprint density at radius 3 is 2.75 bits per heavy atom. The molecule has 0 saturated heterocycles. The largest absolute Gasteiger partial charge is 0.352 e. The van der Waals surface area contributed by atoms with E-state index in [1.165, 1.54) is 0 Å². The molecule has 3 rings (SSSR count). The molecule has 2 aromatic rings. The highest BCUT2D eigenvalue weighted by molar-refractivity contribution is 5.94. The van der Waals surface area contributed by atoms with Crippen molar-refractivity contribution in [1.82, 2.24) is 15.3 Å². The molecule has 0 spiro atoms. The van der Waals surface area contributed by atoms with Crippen molar-refractivity contribution < 1.29 is 4.79 Å². The molecule has 2 heterocycles. The zero-order valence-electron chi connectivity index (χ0n) is 10.9. The van der Waals surface area contributed by atoms with Crippen LogP contribution >= 0.6 is 0 Å². The topological polar surface area (TPSA) is 74.8 Å². The van der Waals surface area contributed by atoms with Gasteiger partial charge in [0.25, 0.3) is 11.5 Å². The van der Waals surface area contributed by atoms with Gasteiger partial charge in [0.15, 0.2) is 0 Å². The second kappa shape index (κ2) is 5.28. The maximum atomic E-state index is 12.0. The minimum absolute atomic E-state index is 0.153. The average Bonchev–Trinajstić information content (AvgIpc) is 3.30. The van der Waals surface area contributed by atoms with Crippen LogP contribution in [-0.4, -0.2) is 22.4 Å². The minimum atomic E-state index is -0.365. The van der Waals surface area contributed by atoms with Crippen LogP contribution in [0.2, 0.25) is 0 Å². The Morgan fingerprint density at radius 1 is 1.30 bits per heavy atom. The highest BCUT2D eigenvalue weighted by Crippen LogP contribution is 2.27. The molecule has 1 saturated carbocycles. The molecule has 5 heteroatoms. The Morgan fingerprint density at radius 2 is 2.05 bits per heavy atom. The van der Waals surface area contributed by atoms with Gasteiger partial charge in [0.1, 0.15) is 5.56 Å². The Labute approximate surface area is 116 Å². The lowest BCUT2D eigenvalue weighted by atomic mass is 10.1. The number of hydrogen-bond acceptors (Lipinski definition) is 3. The van der Waals surface area contributed by atoms with E-state index in [4.69, 9.17) is 0 Å². The molecule has 0 radical (unpaired) electrons. The van der Waals surface area contributed by atoms with Gasteiger partial charge in [0.05, 0.1) is 0 Å². The summed E-state index contributed by atoms with van der Waals surface area (Å²) >= 11 is 0. The molecule has 0 aromatic carbocycles. The fourth-order valence-corrected chi connectivity index (χ4v) is 2.02. The van der Waals surface area contributed by atoms with Gasteiger partial charge in [-0.05, 0) is 48.1 Å². The van der Waals surface area contributed by atoms with Gasteiger partial charge < -0.3 is 10.3 Å². The first-order chi connectivity index (χ1) is 9.74. The molecule has 1 aliphatic carbocycles. The molecule has 5 nitrogen and oxygen atoms in total. The molecule has 0 unspecified atom stereocenters. The number of aromatic amines is 1. The fourth-order valence-electron chi connectivity index (χ4n) is 2.02. The summed E-state index contributed by atoms with van der Waals surface area (Å²) in [5.74, 6) is 0.274. The number of H-pyrrole nitrogens is 1. The molecular formula is C15H15N3O2. The van der Waals surface area contributed by atoms with E-state index in [1.54, 1.807) is 24.7 Å². The van der Waals surface area contributed by atoms with Crippen molar-refractivity contribution in [2.75, 3.05) is 6.54 Å². The van der Waals surface area contributed by atoms with Crippen molar-refractivity contribution in [2.24, 2.45) is 5.92 Å². The summed E-state index contributed by atoms with van der Waals surface area (Å²) in [6.45, 7) is 0.651. The van der Waals surface area contributed by atoms with E-state index in [1.807, 2.05) is 12.1 Å². The molecule has 1 aliphatic rings. The van der Waals surface area contributed by atoms with Gasteiger partial charge in [-0.3, -0.25) is 14.6 Å². The maximum absolute atomic E-state index is 12.0. The molecule has 1 amide bonds. The van der Waals surface area contributed by atoms with Crippen LogP contribution in [0.15, 0.2) is 41.6 Å². The van der Waals surface area contributed by atoms with Crippen LogP contribution in [0, 0.1) is 5.92 Å². The molecule has 20 heavy (non-hydrogen) atoms. The quantitative estimate of drug-likeness (QED) is 0.884. The van der Waals surface area contributed by atoms with Gasteiger partial charge in [0, 0.05) is 25.1 Å². The number of rotatable bonds is 4. The van der Waals surface area contributed by atoms with Gasteiger partial charge in [-0.25, -0.2) is 0 Å². The van der Waals surface area contributed by atoms with E-state index in [0.717, 1.165) is 24.0 Å². The van der Waals surface area contributed by atoms with Crippen molar-refractivity contribution in [2.45, 2.75) is 12.8 Å². The molecule has 0 aliphatic heterocycles. The number of carbonyl (C=O) groups is 1. The van der Waals surface area contributed by atoms with Crippen LogP contribution in [0.1, 0.15) is 23.2 Å². The van der Waals surface area contributed by atoms with Crippen LogP contribution in [0.25, 0.3) is 11.1 Å². The molecule has 102 valence electrons. The van der Waals surface area contributed by atoms with Gasteiger partial charge in [-0.1, -0.05) is 0 Å². The first-order valence-corrected chi connectivity index (χ1v) is 6.65. The average molecular weight is 269 g/mol. The van der Waals surface area contributed by atoms with Crippen LogP contribution in [0.5, 0.6) is 0 Å². The summed E-state index contributed by atoms with van der Waals surface area (Å²) in [6.07, 6.45) is 7.28. The lowest BCUT2D eigenvalue weighted by molar-refractivity contribution is 0.0950. The third kappa shape index (κ3) is 2.77. The molecule has 1 fully saturated rings. The van der Waals surface area contributed by atoms with Crippen LogP contribution in [0.3, 0.4) is 0 Å². The van der Waals surface area contributed by atoms with E-state index in [9.17, 15) is 9.59 Å². The number of carbonyl (C=O) groups excluding carboxylic acids is 1.